The molecule has 6 heteroatoms. The third kappa shape index (κ3) is 2.01. The smallest absolute Gasteiger partial charge is 0.332 e. The van der Waals surface area contributed by atoms with Gasteiger partial charge in [0.2, 0.25) is 0 Å². The molecule has 1 N–H and O–H groups in total. The fourth-order valence-electron chi connectivity index (χ4n) is 3.23. The second kappa shape index (κ2) is 5.57. The van der Waals surface area contributed by atoms with Gasteiger partial charge in [-0.15, -0.1) is 0 Å². The lowest BCUT2D eigenvalue weighted by atomic mass is 9.75. The van der Waals surface area contributed by atoms with Crippen molar-refractivity contribution in [2.45, 2.75) is 76.8 Å². The summed E-state index contributed by atoms with van der Waals surface area (Å²) in [7, 11) is 0. The van der Waals surface area contributed by atoms with Crippen molar-refractivity contribution in [1.29, 1.82) is 0 Å². The minimum atomic E-state index is -4.09. The average Bonchev–Trinajstić information content (AvgIpc) is 3.32. The zero-order valence-corrected chi connectivity index (χ0v) is 13.1. The molecule has 4 saturated carbocycles. The first-order valence-corrected chi connectivity index (χ1v) is 7.61. The molecule has 0 radical (unpaired) electrons. The van der Waals surface area contributed by atoms with E-state index in [9.17, 15) is 11.0 Å². The van der Waals surface area contributed by atoms with Crippen molar-refractivity contribution < 1.29 is 31.5 Å². The van der Waals surface area contributed by atoms with E-state index in [-0.39, 0.29) is 4.57 Å². The van der Waals surface area contributed by atoms with Crippen LogP contribution in [0.2, 0.25) is 0 Å². The van der Waals surface area contributed by atoms with Crippen molar-refractivity contribution in [2.75, 3.05) is 0 Å². The highest BCUT2D eigenvalue weighted by Crippen LogP contribution is 2.65. The average molecular weight is 380 g/mol. The molecule has 2 unspecified atom stereocenters. The number of nitrogens with zero attached hydrogens (tertiary/aromatic N) is 3. The second-order valence-corrected chi connectivity index (χ2v) is 5.71. The first-order chi connectivity index (χ1) is 21.3. The van der Waals surface area contributed by atoms with E-state index in [4.69, 9.17) is 30.2 Å². The first kappa shape index (κ1) is 4.95. The monoisotopic (exact) mass is 379 g/mol. The summed E-state index contributed by atoms with van der Waals surface area (Å²) >= 11 is 0. The summed E-state index contributed by atoms with van der Waals surface area (Å²) < 4.78 is 193. The van der Waals surface area contributed by atoms with E-state index in [1.807, 2.05) is 4.98 Å². The van der Waals surface area contributed by atoms with Gasteiger partial charge in [0, 0.05) is 47.2 Å². The van der Waals surface area contributed by atoms with Crippen molar-refractivity contribution in [3.63, 3.8) is 0 Å². The third-order valence-electron chi connectivity index (χ3n) is 4.28. The van der Waals surface area contributed by atoms with Gasteiger partial charge in [-0.05, 0) is 62.4 Å². The van der Waals surface area contributed by atoms with Gasteiger partial charge in [0.05, 0.1) is 2.74 Å². The Hall–Kier alpha value is -1.85. The number of imidazole rings is 1. The molecule has 26 heavy (non-hydrogen) atoms. The molecule has 140 valence electrons. The molecule has 0 amide bonds. The van der Waals surface area contributed by atoms with Crippen molar-refractivity contribution >= 4 is 11.2 Å². The summed E-state index contributed by atoms with van der Waals surface area (Å²) in [5.41, 5.74) is -10.4. The molecule has 6 nitrogen and oxygen atoms in total. The predicted molar refractivity (Wildman–Crippen MR) is 100 cm³/mol. The van der Waals surface area contributed by atoms with Crippen molar-refractivity contribution in [3.05, 3.63) is 26.7 Å². The maximum atomic E-state index is 13.8. The van der Waals surface area contributed by atoms with Crippen LogP contribution in [0.1, 0.15) is 95.8 Å². The number of fused-ring (bicyclic) bond motifs is 1. The highest BCUT2D eigenvalue weighted by molar-refractivity contribution is 5.70. The third-order valence-corrected chi connectivity index (χ3v) is 4.28. The molecule has 0 saturated heterocycles. The molecular weight excluding hydrogens is 328 g/mol. The fraction of sp³-hybridized carbons (Fsp3) is 0.750. The minimum Gasteiger partial charge on any atom is -0.336 e. The van der Waals surface area contributed by atoms with E-state index in [2.05, 4.69) is 4.98 Å². The Balaban J connectivity index is 2.05. The molecule has 4 aliphatic carbocycles. The highest BCUT2D eigenvalue weighted by atomic mass is 16.2. The lowest BCUT2D eigenvalue weighted by Crippen LogP contribution is -2.40. The van der Waals surface area contributed by atoms with Crippen molar-refractivity contribution in [2.24, 2.45) is 17.7 Å². The summed E-state index contributed by atoms with van der Waals surface area (Å²) in [6, 6.07) is 0. The zero-order chi connectivity index (χ0) is 38.4. The Labute approximate surface area is 184 Å². The minimum absolute atomic E-state index is 0.221. The van der Waals surface area contributed by atoms with Crippen molar-refractivity contribution in [3.8, 4) is 0 Å². The van der Waals surface area contributed by atoms with E-state index in [0.717, 1.165) is 0 Å². The summed E-state index contributed by atoms with van der Waals surface area (Å²) in [4.78, 5) is 33.4. The van der Waals surface area contributed by atoms with Crippen LogP contribution >= 0.6 is 0 Å². The van der Waals surface area contributed by atoms with Gasteiger partial charge < -0.3 is 4.98 Å². The van der Waals surface area contributed by atoms with Gasteiger partial charge in [-0.3, -0.25) is 13.9 Å². The van der Waals surface area contributed by atoms with Gasteiger partial charge in [0.1, 0.15) is 11.3 Å². The lowest BCUT2D eigenvalue weighted by molar-refractivity contribution is 0.262. The van der Waals surface area contributed by atoms with Crippen LogP contribution in [0, 0.1) is 17.7 Å². The molecule has 2 atom stereocenters. The molecule has 0 spiro atoms. The standard InChI is InChI=1S/C20H28N4O2/c1-3-5-23-16-15(17(25)24(6-4-2)19(23)26)21-18(22-16)20-10-12-7-13(11-20)9-14(20)8-12/h12-14H,3-11H2,1-2H3,(H,21,22)/i1D3,2D3,5D2,6D2,7D2,8D2,9D2,10D2,11D2,12D,13D,14D. The number of aromatic nitrogens is 4. The number of hydrogen-bond acceptors (Lipinski definition) is 3. The Bertz CT molecular complexity index is 1850. The van der Waals surface area contributed by atoms with Crippen LogP contribution in [-0.2, 0) is 18.4 Å². The predicted octanol–water partition coefficient (Wildman–Crippen LogP) is 2.78. The van der Waals surface area contributed by atoms with E-state index in [0.29, 0.717) is 0 Å². The molecule has 4 bridgehead atoms. The number of aromatic amines is 1. The normalized spacial score (nSPS) is 65.5. The van der Waals surface area contributed by atoms with Crippen LogP contribution in [0.5, 0.6) is 0 Å². The summed E-state index contributed by atoms with van der Waals surface area (Å²) in [6.07, 6.45) is -23.4. The molecule has 0 aliphatic heterocycles. The second-order valence-electron chi connectivity index (χ2n) is 5.71. The first-order valence-electron chi connectivity index (χ1n) is 19.1. The number of rotatable bonds is 5. The Kier molecular flexibility index (Phi) is 1.06. The van der Waals surface area contributed by atoms with E-state index >= 15 is 0 Å². The van der Waals surface area contributed by atoms with Gasteiger partial charge in [-0.25, -0.2) is 9.78 Å². The zero-order valence-electron chi connectivity index (χ0n) is 36.1. The molecule has 6 rings (SSSR count). The molecule has 2 heterocycles. The number of nitrogens with one attached hydrogen (secondary N) is 1. The van der Waals surface area contributed by atoms with E-state index < -0.39 is 127 Å². The Morgan fingerprint density at radius 2 is 1.92 bits per heavy atom. The van der Waals surface area contributed by atoms with Crippen LogP contribution in [0.4, 0.5) is 0 Å². The maximum Gasteiger partial charge on any atom is 0.332 e. The Morgan fingerprint density at radius 1 is 1.23 bits per heavy atom. The van der Waals surface area contributed by atoms with Gasteiger partial charge in [-0.1, -0.05) is 13.7 Å². The van der Waals surface area contributed by atoms with E-state index in [1.54, 1.807) is 0 Å². The molecule has 2 aromatic rings. The quantitative estimate of drug-likeness (QED) is 0.868. The molecule has 4 fully saturated rings. The van der Waals surface area contributed by atoms with E-state index in [1.165, 1.54) is 0 Å². The van der Waals surface area contributed by atoms with Gasteiger partial charge in [0.25, 0.3) is 5.56 Å². The van der Waals surface area contributed by atoms with Crippen LogP contribution in [0.25, 0.3) is 11.2 Å². The molecular formula is C20H28N4O2. The summed E-state index contributed by atoms with van der Waals surface area (Å²) in [5.74, 6) is -13.4. The molecule has 2 aromatic heterocycles. The highest BCUT2D eigenvalue weighted by Gasteiger charge is 2.59. The van der Waals surface area contributed by atoms with Gasteiger partial charge >= 0.3 is 5.69 Å². The largest absolute Gasteiger partial charge is 0.336 e. The Morgan fingerprint density at radius 3 is 2.62 bits per heavy atom. The van der Waals surface area contributed by atoms with Gasteiger partial charge in [-0.2, -0.15) is 0 Å². The number of hydrogen-bond donors (Lipinski definition) is 1. The lowest BCUT2D eigenvalue weighted by Gasteiger charge is -2.30. The van der Waals surface area contributed by atoms with Crippen molar-refractivity contribution in [1.82, 2.24) is 19.1 Å². The number of H-pyrrole nitrogens is 1. The fourth-order valence-corrected chi connectivity index (χ4v) is 3.23. The van der Waals surface area contributed by atoms with Crippen LogP contribution in [0.3, 0.4) is 0 Å². The summed E-state index contributed by atoms with van der Waals surface area (Å²) in [5, 5.41) is 0. The molecule has 0 aromatic carbocycles. The van der Waals surface area contributed by atoms with Crippen LogP contribution < -0.4 is 11.2 Å². The topological polar surface area (TPSA) is 72.7 Å². The van der Waals surface area contributed by atoms with Crippen LogP contribution in [0.15, 0.2) is 9.59 Å². The number of aryl methyl sites for hydroxylation is 1. The summed E-state index contributed by atoms with van der Waals surface area (Å²) in [6.45, 7) is -13.4. The molecule has 4 aliphatic rings. The van der Waals surface area contributed by atoms with Crippen LogP contribution in [-0.4, -0.2) is 19.1 Å². The SMILES string of the molecule is [2H]C([2H])([2H])CC([2H])([2H])n1c(=O)c2[nH]c(C34C([2H])([2H])C5([2H])C([2H])([2H])C([2H])(C([2H])([2H])C3([2H])C5([2H])[2H])C4([2H])[2H])nc2n(C([2H])([2H])CC([2H])([2H])[2H])c1=O. The van der Waals surface area contributed by atoms with Gasteiger partial charge in [0.15, 0.2) is 5.65 Å². The maximum absolute atomic E-state index is 13.8.